The lowest BCUT2D eigenvalue weighted by Crippen LogP contribution is -2.23. The first-order valence-electron chi connectivity index (χ1n) is 7.82. The Balaban J connectivity index is 1.58. The third-order valence-corrected chi connectivity index (χ3v) is 5.44. The molecule has 1 fully saturated rings. The summed E-state index contributed by atoms with van der Waals surface area (Å²) in [5.74, 6) is 0. The number of thiazole rings is 1. The smallest absolute Gasteiger partial charge is 0.0898 e. The summed E-state index contributed by atoms with van der Waals surface area (Å²) in [6.45, 7) is 5.41. The van der Waals surface area contributed by atoms with E-state index >= 15 is 0 Å². The Labute approximate surface area is 130 Å². The summed E-state index contributed by atoms with van der Waals surface area (Å²) in [6, 6.07) is 7.24. The SMILES string of the molecule is Cc1nc([C@H]2CCCN2Cc2cccc3c2NCC3)cs1. The van der Waals surface area contributed by atoms with Crippen molar-refractivity contribution in [3.05, 3.63) is 45.4 Å². The fourth-order valence-electron chi connectivity index (χ4n) is 3.64. The second kappa shape index (κ2) is 5.43. The highest BCUT2D eigenvalue weighted by atomic mass is 32.1. The largest absolute Gasteiger partial charge is 0.384 e. The van der Waals surface area contributed by atoms with Gasteiger partial charge in [0, 0.05) is 24.2 Å². The van der Waals surface area contributed by atoms with E-state index in [9.17, 15) is 0 Å². The summed E-state index contributed by atoms with van der Waals surface area (Å²) in [5, 5.41) is 6.98. The van der Waals surface area contributed by atoms with Crippen molar-refractivity contribution in [3.63, 3.8) is 0 Å². The number of nitrogens with one attached hydrogen (secondary N) is 1. The van der Waals surface area contributed by atoms with Crippen LogP contribution in [0.1, 0.15) is 40.7 Å². The van der Waals surface area contributed by atoms with Gasteiger partial charge in [0.25, 0.3) is 0 Å². The second-order valence-electron chi connectivity index (χ2n) is 6.05. The zero-order valence-corrected chi connectivity index (χ0v) is 13.2. The van der Waals surface area contributed by atoms with Crippen molar-refractivity contribution >= 4 is 17.0 Å². The maximum Gasteiger partial charge on any atom is 0.0898 e. The van der Waals surface area contributed by atoms with Crippen LogP contribution in [-0.4, -0.2) is 23.0 Å². The molecule has 3 nitrogen and oxygen atoms in total. The first-order chi connectivity index (χ1) is 10.3. The standard InChI is InChI=1S/C17H21N3S/c1-12-19-15(11-21-12)16-6-3-9-20(16)10-14-5-2-4-13-7-8-18-17(13)14/h2,4-5,11,16,18H,3,6-10H2,1H3/t16-/m1/s1. The summed E-state index contributed by atoms with van der Waals surface area (Å²) in [5.41, 5.74) is 5.59. The van der Waals surface area contributed by atoms with E-state index < -0.39 is 0 Å². The van der Waals surface area contributed by atoms with Crippen LogP contribution in [0.3, 0.4) is 0 Å². The Morgan fingerprint density at radius 2 is 2.38 bits per heavy atom. The average Bonchev–Trinajstić information content (AvgIpc) is 3.18. The minimum absolute atomic E-state index is 0.507. The number of hydrogen-bond donors (Lipinski definition) is 1. The van der Waals surface area contributed by atoms with Gasteiger partial charge >= 0.3 is 0 Å². The molecule has 0 amide bonds. The molecule has 4 heteroatoms. The zero-order chi connectivity index (χ0) is 14.2. The maximum atomic E-state index is 4.72. The number of aryl methyl sites for hydroxylation is 1. The Kier molecular flexibility index (Phi) is 3.43. The Morgan fingerprint density at radius 3 is 3.24 bits per heavy atom. The fourth-order valence-corrected chi connectivity index (χ4v) is 4.30. The molecule has 0 radical (unpaired) electrons. The average molecular weight is 299 g/mol. The van der Waals surface area contributed by atoms with Crippen LogP contribution in [0.2, 0.25) is 0 Å². The molecule has 1 atom stereocenters. The molecule has 110 valence electrons. The lowest BCUT2D eigenvalue weighted by Gasteiger charge is -2.24. The molecule has 0 aliphatic carbocycles. The highest BCUT2D eigenvalue weighted by Crippen LogP contribution is 2.35. The van der Waals surface area contributed by atoms with E-state index in [1.165, 1.54) is 46.9 Å². The number of benzene rings is 1. The van der Waals surface area contributed by atoms with Crippen LogP contribution in [0.25, 0.3) is 0 Å². The molecule has 21 heavy (non-hydrogen) atoms. The van der Waals surface area contributed by atoms with Gasteiger partial charge in [0.15, 0.2) is 0 Å². The molecular weight excluding hydrogens is 278 g/mol. The summed E-state index contributed by atoms with van der Waals surface area (Å²) in [7, 11) is 0. The zero-order valence-electron chi connectivity index (χ0n) is 12.4. The van der Waals surface area contributed by atoms with E-state index in [4.69, 9.17) is 4.98 Å². The van der Waals surface area contributed by atoms with E-state index in [0.717, 1.165) is 19.5 Å². The minimum Gasteiger partial charge on any atom is -0.384 e. The van der Waals surface area contributed by atoms with Crippen LogP contribution < -0.4 is 5.32 Å². The molecule has 2 aromatic rings. The van der Waals surface area contributed by atoms with Crippen molar-refractivity contribution in [1.29, 1.82) is 0 Å². The van der Waals surface area contributed by atoms with Crippen LogP contribution in [0.4, 0.5) is 5.69 Å². The Morgan fingerprint density at radius 1 is 1.43 bits per heavy atom. The lowest BCUT2D eigenvalue weighted by molar-refractivity contribution is 0.245. The van der Waals surface area contributed by atoms with Gasteiger partial charge in [-0.1, -0.05) is 18.2 Å². The molecule has 1 saturated heterocycles. The predicted octanol–water partition coefficient (Wildman–Crippen LogP) is 3.76. The summed E-state index contributed by atoms with van der Waals surface area (Å²) < 4.78 is 0. The van der Waals surface area contributed by atoms with Crippen LogP contribution in [0, 0.1) is 6.92 Å². The fraction of sp³-hybridized carbons (Fsp3) is 0.471. The van der Waals surface area contributed by atoms with Gasteiger partial charge in [0.2, 0.25) is 0 Å². The van der Waals surface area contributed by atoms with E-state index in [0.29, 0.717) is 6.04 Å². The van der Waals surface area contributed by atoms with Gasteiger partial charge in [-0.25, -0.2) is 4.98 Å². The van der Waals surface area contributed by atoms with E-state index in [1.807, 2.05) is 0 Å². The number of likely N-dealkylation sites (tertiary alicyclic amines) is 1. The number of rotatable bonds is 3. The maximum absolute atomic E-state index is 4.72. The first kappa shape index (κ1) is 13.3. The van der Waals surface area contributed by atoms with Crippen LogP contribution in [0.5, 0.6) is 0 Å². The third-order valence-electron chi connectivity index (χ3n) is 4.65. The van der Waals surface area contributed by atoms with Crippen LogP contribution in [-0.2, 0) is 13.0 Å². The van der Waals surface area contributed by atoms with Crippen LogP contribution >= 0.6 is 11.3 Å². The highest BCUT2D eigenvalue weighted by molar-refractivity contribution is 7.09. The Bertz CT molecular complexity index is 649. The number of para-hydroxylation sites is 1. The quantitative estimate of drug-likeness (QED) is 0.935. The molecule has 0 bridgehead atoms. The Hall–Kier alpha value is -1.39. The molecule has 0 spiro atoms. The monoisotopic (exact) mass is 299 g/mol. The van der Waals surface area contributed by atoms with Crippen molar-refractivity contribution in [2.75, 3.05) is 18.4 Å². The van der Waals surface area contributed by atoms with E-state index in [1.54, 1.807) is 11.3 Å². The first-order valence-corrected chi connectivity index (χ1v) is 8.70. The number of anilines is 1. The molecule has 0 saturated carbocycles. The van der Waals surface area contributed by atoms with Gasteiger partial charge < -0.3 is 5.32 Å². The lowest BCUT2D eigenvalue weighted by atomic mass is 10.1. The van der Waals surface area contributed by atoms with Crippen molar-refractivity contribution in [2.45, 2.75) is 38.8 Å². The van der Waals surface area contributed by atoms with Gasteiger partial charge in [-0.05, 0) is 43.9 Å². The second-order valence-corrected chi connectivity index (χ2v) is 7.11. The van der Waals surface area contributed by atoms with Gasteiger partial charge in [-0.3, -0.25) is 4.90 Å². The van der Waals surface area contributed by atoms with Crippen molar-refractivity contribution in [1.82, 2.24) is 9.88 Å². The molecule has 1 aromatic heterocycles. The number of hydrogen-bond acceptors (Lipinski definition) is 4. The molecular formula is C17H21N3S. The summed E-state index contributed by atoms with van der Waals surface area (Å²) >= 11 is 1.77. The van der Waals surface area contributed by atoms with Gasteiger partial charge in [-0.2, -0.15) is 0 Å². The minimum atomic E-state index is 0.507. The number of nitrogens with zero attached hydrogens (tertiary/aromatic N) is 2. The van der Waals surface area contributed by atoms with Gasteiger partial charge in [-0.15, -0.1) is 11.3 Å². The van der Waals surface area contributed by atoms with Crippen molar-refractivity contribution < 1.29 is 0 Å². The molecule has 3 heterocycles. The molecule has 1 N–H and O–H groups in total. The third kappa shape index (κ3) is 2.47. The molecule has 0 unspecified atom stereocenters. The van der Waals surface area contributed by atoms with E-state index in [-0.39, 0.29) is 0 Å². The number of aromatic nitrogens is 1. The normalized spacial score (nSPS) is 21.5. The summed E-state index contributed by atoms with van der Waals surface area (Å²) in [6.07, 6.45) is 3.69. The van der Waals surface area contributed by atoms with E-state index in [2.05, 4.69) is 40.7 Å². The topological polar surface area (TPSA) is 28.2 Å². The molecule has 2 aliphatic heterocycles. The van der Waals surface area contributed by atoms with Crippen LogP contribution in [0.15, 0.2) is 23.6 Å². The number of fused-ring (bicyclic) bond motifs is 1. The summed E-state index contributed by atoms with van der Waals surface area (Å²) in [4.78, 5) is 7.32. The predicted molar refractivity (Wildman–Crippen MR) is 87.9 cm³/mol. The van der Waals surface area contributed by atoms with Gasteiger partial charge in [0.1, 0.15) is 0 Å². The highest BCUT2D eigenvalue weighted by Gasteiger charge is 2.28. The molecule has 4 rings (SSSR count). The molecule has 2 aliphatic rings. The van der Waals surface area contributed by atoms with Crippen molar-refractivity contribution in [2.24, 2.45) is 0 Å². The van der Waals surface area contributed by atoms with Gasteiger partial charge in [0.05, 0.1) is 16.7 Å². The van der Waals surface area contributed by atoms with Crippen molar-refractivity contribution in [3.8, 4) is 0 Å². The molecule has 1 aromatic carbocycles.